The molecule has 2 aromatic heterocycles. The Hall–Kier alpha value is -2.41. The smallest absolute Gasteiger partial charge is 0.191 e. The number of guanidine groups is 1. The highest BCUT2D eigenvalue weighted by molar-refractivity contribution is 5.79. The minimum atomic E-state index is 0.433. The topological polar surface area (TPSA) is 76.4 Å². The lowest BCUT2D eigenvalue weighted by Crippen LogP contribution is -2.39. The Morgan fingerprint density at radius 1 is 1.18 bits per heavy atom. The zero-order chi connectivity index (χ0) is 19.6. The number of imidazole rings is 1. The summed E-state index contributed by atoms with van der Waals surface area (Å²) in [6.07, 6.45) is 13.7. The average Bonchev–Trinajstić information content (AvgIpc) is 2.98. The number of aliphatic imine (C=N–C) groups is 1. The van der Waals surface area contributed by atoms with Crippen molar-refractivity contribution in [3.8, 4) is 5.82 Å². The maximum Gasteiger partial charge on any atom is 0.191 e. The minimum absolute atomic E-state index is 0.433. The summed E-state index contributed by atoms with van der Waals surface area (Å²) in [7, 11) is 1.78. The van der Waals surface area contributed by atoms with Crippen LogP contribution in [0.2, 0.25) is 0 Å². The van der Waals surface area contributed by atoms with Gasteiger partial charge in [-0.15, -0.1) is 0 Å². The van der Waals surface area contributed by atoms with Crippen molar-refractivity contribution in [3.63, 3.8) is 0 Å². The number of hydrogen-bond donors (Lipinski definition) is 2. The second-order valence-electron chi connectivity index (χ2n) is 7.21. The number of hydrogen-bond acceptors (Lipinski definition) is 4. The fourth-order valence-corrected chi connectivity index (χ4v) is 3.49. The third-order valence-electron chi connectivity index (χ3n) is 5.12. The molecule has 0 amide bonds. The lowest BCUT2D eigenvalue weighted by atomic mass is 10.1. The van der Waals surface area contributed by atoms with Crippen molar-refractivity contribution < 1.29 is 4.74 Å². The van der Waals surface area contributed by atoms with Crippen molar-refractivity contribution in [2.45, 2.75) is 58.1 Å². The zero-order valence-corrected chi connectivity index (χ0v) is 17.0. The molecule has 1 fully saturated rings. The molecule has 1 aliphatic rings. The summed E-state index contributed by atoms with van der Waals surface area (Å²) in [6.45, 7) is 4.10. The quantitative estimate of drug-likeness (QED) is 0.332. The van der Waals surface area contributed by atoms with E-state index in [1.54, 1.807) is 13.2 Å². The first kappa shape index (κ1) is 20.3. The van der Waals surface area contributed by atoms with E-state index in [1.165, 1.54) is 38.5 Å². The van der Waals surface area contributed by atoms with Crippen LogP contribution in [0.3, 0.4) is 0 Å². The van der Waals surface area contributed by atoms with E-state index in [0.717, 1.165) is 29.7 Å². The molecule has 0 radical (unpaired) electrons. The zero-order valence-electron chi connectivity index (χ0n) is 17.0. The molecular weight excluding hydrogens is 352 g/mol. The Balaban J connectivity index is 1.38. The Morgan fingerprint density at radius 3 is 2.64 bits per heavy atom. The van der Waals surface area contributed by atoms with Crippen LogP contribution < -0.4 is 10.6 Å². The number of pyridine rings is 1. The van der Waals surface area contributed by atoms with Crippen LogP contribution in [-0.4, -0.2) is 46.8 Å². The molecule has 7 heteroatoms. The highest BCUT2D eigenvalue weighted by Crippen LogP contribution is 2.19. The molecule has 0 aliphatic heterocycles. The summed E-state index contributed by atoms with van der Waals surface area (Å²) in [6, 6.07) is 4.07. The van der Waals surface area contributed by atoms with Crippen LogP contribution >= 0.6 is 0 Å². The van der Waals surface area contributed by atoms with Gasteiger partial charge in [-0.1, -0.05) is 31.7 Å². The predicted octanol–water partition coefficient (Wildman–Crippen LogP) is 2.98. The number of ether oxygens (including phenoxy) is 1. The van der Waals surface area contributed by atoms with Crippen molar-refractivity contribution in [2.24, 2.45) is 4.99 Å². The van der Waals surface area contributed by atoms with Crippen molar-refractivity contribution >= 4 is 5.96 Å². The van der Waals surface area contributed by atoms with Gasteiger partial charge in [0.1, 0.15) is 11.6 Å². The third-order valence-corrected chi connectivity index (χ3v) is 5.12. The molecule has 0 spiro atoms. The molecule has 1 aliphatic carbocycles. The van der Waals surface area contributed by atoms with Crippen molar-refractivity contribution in [2.75, 3.05) is 20.2 Å². The minimum Gasteiger partial charge on any atom is -0.376 e. The molecule has 0 bridgehead atoms. The first-order chi connectivity index (χ1) is 13.8. The summed E-state index contributed by atoms with van der Waals surface area (Å²) < 4.78 is 7.98. The van der Waals surface area contributed by atoms with Gasteiger partial charge in [0.2, 0.25) is 0 Å². The van der Waals surface area contributed by atoms with Crippen molar-refractivity contribution in [1.29, 1.82) is 0 Å². The lowest BCUT2D eigenvalue weighted by molar-refractivity contribution is 0.0468. The van der Waals surface area contributed by atoms with Gasteiger partial charge in [0, 0.05) is 38.7 Å². The van der Waals surface area contributed by atoms with Gasteiger partial charge in [-0.25, -0.2) is 9.97 Å². The van der Waals surface area contributed by atoms with E-state index in [1.807, 2.05) is 30.0 Å². The molecule has 2 aromatic rings. The van der Waals surface area contributed by atoms with Crippen LogP contribution in [0, 0.1) is 6.92 Å². The second kappa shape index (κ2) is 10.8. The molecule has 0 unspecified atom stereocenters. The molecule has 0 atom stereocenters. The first-order valence-corrected chi connectivity index (χ1v) is 10.3. The summed E-state index contributed by atoms with van der Waals surface area (Å²) in [5.41, 5.74) is 1.10. The van der Waals surface area contributed by atoms with Gasteiger partial charge in [0.05, 0.1) is 12.7 Å². The summed E-state index contributed by atoms with van der Waals surface area (Å²) in [5, 5.41) is 6.64. The van der Waals surface area contributed by atoms with E-state index in [4.69, 9.17) is 4.74 Å². The van der Waals surface area contributed by atoms with Gasteiger partial charge < -0.3 is 15.4 Å². The molecule has 1 saturated carbocycles. The maximum absolute atomic E-state index is 6.02. The van der Waals surface area contributed by atoms with Crippen molar-refractivity contribution in [1.82, 2.24) is 25.2 Å². The highest BCUT2D eigenvalue weighted by Gasteiger charge is 2.12. The maximum atomic E-state index is 6.02. The molecular formula is C21H32N6O. The number of nitrogens with one attached hydrogen (secondary N) is 2. The van der Waals surface area contributed by atoms with E-state index in [-0.39, 0.29) is 0 Å². The summed E-state index contributed by atoms with van der Waals surface area (Å²) >= 11 is 0. The van der Waals surface area contributed by atoms with Gasteiger partial charge in [-0.2, -0.15) is 0 Å². The van der Waals surface area contributed by atoms with E-state index < -0.39 is 0 Å². The van der Waals surface area contributed by atoms with Crippen LogP contribution in [0.15, 0.2) is 35.7 Å². The van der Waals surface area contributed by atoms with Crippen LogP contribution in [0.5, 0.6) is 0 Å². The second-order valence-corrected chi connectivity index (χ2v) is 7.21. The number of nitrogens with zero attached hydrogens (tertiary/aromatic N) is 4. The highest BCUT2D eigenvalue weighted by atomic mass is 16.5. The van der Waals surface area contributed by atoms with Gasteiger partial charge in [0.25, 0.3) is 0 Å². The number of aromatic nitrogens is 3. The lowest BCUT2D eigenvalue weighted by Gasteiger charge is -2.17. The monoisotopic (exact) mass is 384 g/mol. The molecule has 3 rings (SSSR count). The Morgan fingerprint density at radius 2 is 2.00 bits per heavy atom. The largest absolute Gasteiger partial charge is 0.376 e. The molecule has 0 saturated heterocycles. The molecule has 28 heavy (non-hydrogen) atoms. The van der Waals surface area contributed by atoms with Gasteiger partial charge in [-0.3, -0.25) is 9.56 Å². The molecule has 2 heterocycles. The van der Waals surface area contributed by atoms with Gasteiger partial charge in [-0.05, 0) is 31.4 Å². The normalized spacial score (nSPS) is 16.0. The summed E-state index contributed by atoms with van der Waals surface area (Å²) in [5.74, 6) is 2.57. The summed E-state index contributed by atoms with van der Waals surface area (Å²) in [4.78, 5) is 13.0. The van der Waals surface area contributed by atoms with Crippen LogP contribution in [0.4, 0.5) is 0 Å². The molecule has 7 nitrogen and oxygen atoms in total. The first-order valence-electron chi connectivity index (χ1n) is 10.3. The predicted molar refractivity (Wildman–Crippen MR) is 112 cm³/mol. The fourth-order valence-electron chi connectivity index (χ4n) is 3.49. The fraction of sp³-hybridized carbons (Fsp3) is 0.571. The van der Waals surface area contributed by atoms with Crippen LogP contribution in [-0.2, 0) is 11.3 Å². The standard InChI is InChI=1S/C21H32N6O/c1-17-23-11-13-27(17)20-10-9-18(15-25-20)16-26-21(22-2)24-12-14-28-19-7-5-3-4-6-8-19/h9-11,13,15,19H,3-8,12,14,16H2,1-2H3,(H2,22,24,26). The van der Waals surface area contributed by atoms with E-state index >= 15 is 0 Å². The number of aryl methyl sites for hydroxylation is 1. The van der Waals surface area contributed by atoms with E-state index in [9.17, 15) is 0 Å². The average molecular weight is 385 g/mol. The SMILES string of the molecule is CN=C(NCCOC1CCCCCC1)NCc1ccc(-n2ccnc2C)nc1. The van der Waals surface area contributed by atoms with Crippen molar-refractivity contribution in [3.05, 3.63) is 42.1 Å². The molecule has 2 N–H and O–H groups in total. The Bertz CT molecular complexity index is 732. The van der Waals surface area contributed by atoms with Gasteiger partial charge in [0.15, 0.2) is 5.96 Å². The van der Waals surface area contributed by atoms with Crippen LogP contribution in [0.25, 0.3) is 5.82 Å². The van der Waals surface area contributed by atoms with Crippen LogP contribution in [0.1, 0.15) is 49.9 Å². The van der Waals surface area contributed by atoms with Gasteiger partial charge >= 0.3 is 0 Å². The number of rotatable bonds is 7. The van der Waals surface area contributed by atoms with E-state index in [0.29, 0.717) is 19.3 Å². The molecule has 0 aromatic carbocycles. The molecule has 152 valence electrons. The Kier molecular flexibility index (Phi) is 7.84. The Labute approximate surface area is 167 Å². The van der Waals surface area contributed by atoms with E-state index in [2.05, 4.69) is 31.7 Å². The third kappa shape index (κ3) is 6.05.